The van der Waals surface area contributed by atoms with Crippen LogP contribution >= 0.6 is 0 Å². The lowest BCUT2D eigenvalue weighted by Gasteiger charge is -2.34. The molecule has 2 rings (SSSR count). The summed E-state index contributed by atoms with van der Waals surface area (Å²) in [5.74, 6) is 1.16. The van der Waals surface area contributed by atoms with E-state index in [1.54, 1.807) is 11.9 Å². The van der Waals surface area contributed by atoms with E-state index in [1.165, 1.54) is 0 Å². The predicted octanol–water partition coefficient (Wildman–Crippen LogP) is 3.45. The molecule has 0 radical (unpaired) electrons. The van der Waals surface area contributed by atoms with Crippen LogP contribution in [0.15, 0.2) is 12.2 Å². The lowest BCUT2D eigenvalue weighted by atomic mass is 9.95. The predicted molar refractivity (Wildman–Crippen MR) is 94.6 cm³/mol. The number of amides is 2. The number of hydrogen-bond donors (Lipinski definition) is 0. The first-order valence-corrected chi connectivity index (χ1v) is 9.13. The zero-order chi connectivity index (χ0) is 17.7. The van der Waals surface area contributed by atoms with E-state index in [-0.39, 0.29) is 12.0 Å². The number of nitrogens with zero attached hydrogens (tertiary/aromatic N) is 2. The van der Waals surface area contributed by atoms with Crippen LogP contribution in [-0.4, -0.2) is 54.1 Å². The molecule has 1 unspecified atom stereocenters. The van der Waals surface area contributed by atoms with Crippen LogP contribution in [0.3, 0.4) is 0 Å². The zero-order valence-electron chi connectivity index (χ0n) is 15.6. The Morgan fingerprint density at radius 1 is 1.21 bits per heavy atom. The minimum absolute atomic E-state index is 0.269. The molecule has 0 spiro atoms. The first-order valence-electron chi connectivity index (χ1n) is 9.13. The maximum Gasteiger partial charge on any atom is 0.410 e. The third kappa shape index (κ3) is 5.84. The van der Waals surface area contributed by atoms with Gasteiger partial charge in [0, 0.05) is 33.1 Å². The Kier molecular flexibility index (Phi) is 6.30. The molecule has 0 bridgehead atoms. The zero-order valence-corrected chi connectivity index (χ0v) is 15.6. The van der Waals surface area contributed by atoms with Crippen LogP contribution in [0.25, 0.3) is 0 Å². The van der Waals surface area contributed by atoms with Gasteiger partial charge in [0.1, 0.15) is 5.60 Å². The van der Waals surface area contributed by atoms with E-state index >= 15 is 0 Å². The van der Waals surface area contributed by atoms with Crippen LogP contribution in [0.4, 0.5) is 4.79 Å². The van der Waals surface area contributed by atoms with Crippen LogP contribution in [-0.2, 0) is 9.53 Å². The Labute approximate surface area is 146 Å². The Bertz CT molecular complexity index is 473. The lowest BCUT2D eigenvalue weighted by Crippen LogP contribution is -2.43. The highest BCUT2D eigenvalue weighted by molar-refractivity contribution is 5.76. The molecule has 1 aliphatic heterocycles. The van der Waals surface area contributed by atoms with Crippen LogP contribution in [0.5, 0.6) is 0 Å². The van der Waals surface area contributed by atoms with Gasteiger partial charge >= 0.3 is 6.09 Å². The van der Waals surface area contributed by atoms with Crippen molar-refractivity contribution in [3.05, 3.63) is 12.2 Å². The second-order valence-electron chi connectivity index (χ2n) is 8.15. The summed E-state index contributed by atoms with van der Waals surface area (Å²) >= 11 is 0. The third-order valence-corrected chi connectivity index (χ3v) is 4.75. The van der Waals surface area contributed by atoms with Crippen molar-refractivity contribution in [1.82, 2.24) is 9.80 Å². The average Bonchev–Trinajstić information content (AvgIpc) is 2.99. The van der Waals surface area contributed by atoms with Gasteiger partial charge in [0.15, 0.2) is 0 Å². The van der Waals surface area contributed by atoms with Gasteiger partial charge in [-0.1, -0.05) is 12.2 Å². The third-order valence-electron chi connectivity index (χ3n) is 4.75. The molecule has 0 saturated carbocycles. The van der Waals surface area contributed by atoms with Crippen molar-refractivity contribution >= 4 is 12.0 Å². The Morgan fingerprint density at radius 3 is 2.42 bits per heavy atom. The maximum absolute atomic E-state index is 12.4. The van der Waals surface area contributed by atoms with E-state index in [9.17, 15) is 9.59 Å². The molecule has 1 aliphatic carbocycles. The van der Waals surface area contributed by atoms with Gasteiger partial charge in [-0.05, 0) is 58.3 Å². The van der Waals surface area contributed by atoms with Gasteiger partial charge in [-0.15, -0.1) is 0 Å². The molecular weight excluding hydrogens is 304 g/mol. The highest BCUT2D eigenvalue weighted by Crippen LogP contribution is 2.24. The second-order valence-corrected chi connectivity index (χ2v) is 8.15. The highest BCUT2D eigenvalue weighted by atomic mass is 16.6. The summed E-state index contributed by atoms with van der Waals surface area (Å²) in [5.41, 5.74) is -0.462. The molecule has 1 heterocycles. The molecular formula is C19H32N2O3. The lowest BCUT2D eigenvalue weighted by molar-refractivity contribution is -0.133. The summed E-state index contributed by atoms with van der Waals surface area (Å²) in [7, 11) is 1.79. The summed E-state index contributed by atoms with van der Waals surface area (Å²) in [6, 6.07) is 0. The number of rotatable bonds is 4. The van der Waals surface area contributed by atoms with E-state index in [0.717, 1.165) is 38.8 Å². The molecule has 24 heavy (non-hydrogen) atoms. The number of hydrogen-bond acceptors (Lipinski definition) is 3. The molecule has 136 valence electrons. The van der Waals surface area contributed by atoms with Gasteiger partial charge in [0.2, 0.25) is 5.91 Å². The number of ether oxygens (including phenoxy) is 1. The van der Waals surface area contributed by atoms with E-state index < -0.39 is 5.60 Å². The van der Waals surface area contributed by atoms with Gasteiger partial charge < -0.3 is 14.5 Å². The Hall–Kier alpha value is -1.52. The quantitative estimate of drug-likeness (QED) is 0.739. The number of allylic oxidation sites excluding steroid dienone is 2. The fourth-order valence-corrected chi connectivity index (χ4v) is 3.39. The van der Waals surface area contributed by atoms with Crippen molar-refractivity contribution in [3.63, 3.8) is 0 Å². The Morgan fingerprint density at radius 2 is 1.88 bits per heavy atom. The number of carbonyl (C=O) groups is 2. The normalized spacial score (nSPS) is 21.8. The highest BCUT2D eigenvalue weighted by Gasteiger charge is 2.27. The molecule has 1 fully saturated rings. The largest absolute Gasteiger partial charge is 0.444 e. The van der Waals surface area contributed by atoms with Gasteiger partial charge in [0.05, 0.1) is 0 Å². The van der Waals surface area contributed by atoms with Crippen molar-refractivity contribution in [2.24, 2.45) is 11.8 Å². The van der Waals surface area contributed by atoms with Crippen molar-refractivity contribution in [1.29, 1.82) is 0 Å². The van der Waals surface area contributed by atoms with Crippen molar-refractivity contribution in [2.45, 2.75) is 58.5 Å². The fourth-order valence-electron chi connectivity index (χ4n) is 3.39. The van der Waals surface area contributed by atoms with E-state index in [4.69, 9.17) is 4.74 Å². The molecule has 2 aliphatic rings. The minimum atomic E-state index is -0.462. The summed E-state index contributed by atoms with van der Waals surface area (Å²) in [6.07, 6.45) is 8.88. The first-order chi connectivity index (χ1) is 11.2. The molecule has 0 aromatic rings. The van der Waals surface area contributed by atoms with Gasteiger partial charge in [0.25, 0.3) is 0 Å². The summed E-state index contributed by atoms with van der Waals surface area (Å²) in [6.45, 7) is 7.94. The Balaban J connectivity index is 1.71. The molecule has 1 atom stereocenters. The van der Waals surface area contributed by atoms with Crippen molar-refractivity contribution in [3.8, 4) is 0 Å². The summed E-state index contributed by atoms with van der Waals surface area (Å²) in [4.78, 5) is 28.0. The molecule has 1 saturated heterocycles. The van der Waals surface area contributed by atoms with Gasteiger partial charge in [-0.2, -0.15) is 0 Å². The van der Waals surface area contributed by atoms with E-state index in [2.05, 4.69) is 12.2 Å². The minimum Gasteiger partial charge on any atom is -0.444 e. The molecule has 0 aromatic carbocycles. The van der Waals surface area contributed by atoms with E-state index in [0.29, 0.717) is 24.8 Å². The van der Waals surface area contributed by atoms with Crippen molar-refractivity contribution in [2.75, 3.05) is 26.7 Å². The van der Waals surface area contributed by atoms with Crippen LogP contribution in [0, 0.1) is 11.8 Å². The van der Waals surface area contributed by atoms with Gasteiger partial charge in [-0.3, -0.25) is 4.79 Å². The van der Waals surface area contributed by atoms with Crippen LogP contribution in [0.1, 0.15) is 52.9 Å². The monoisotopic (exact) mass is 336 g/mol. The molecule has 5 heteroatoms. The number of likely N-dealkylation sites (tertiary alicyclic amines) is 1. The molecule has 2 amide bonds. The molecule has 5 nitrogen and oxygen atoms in total. The maximum atomic E-state index is 12.4. The number of carbonyl (C=O) groups excluding carboxylic acids is 2. The first kappa shape index (κ1) is 18.8. The molecule has 0 aromatic heterocycles. The van der Waals surface area contributed by atoms with Crippen molar-refractivity contribution < 1.29 is 14.3 Å². The van der Waals surface area contributed by atoms with E-state index in [1.807, 2.05) is 25.7 Å². The summed E-state index contributed by atoms with van der Waals surface area (Å²) < 4.78 is 5.39. The summed E-state index contributed by atoms with van der Waals surface area (Å²) in [5, 5.41) is 0. The molecule has 0 N–H and O–H groups in total. The topological polar surface area (TPSA) is 49.9 Å². The average molecular weight is 336 g/mol. The fraction of sp³-hybridized carbons (Fsp3) is 0.789. The number of piperidine rings is 1. The standard InChI is InChI=1S/C19H32N2O3/c1-19(2,3)24-18(23)20(4)14-16-9-11-21(12-10-16)17(22)13-15-7-5-6-8-15/h5,7,15-16H,6,8-14H2,1-4H3. The van der Waals surface area contributed by atoms with Gasteiger partial charge in [-0.25, -0.2) is 4.79 Å². The smallest absolute Gasteiger partial charge is 0.410 e. The SMILES string of the molecule is CN(CC1CCN(C(=O)CC2C=CCC2)CC1)C(=O)OC(C)(C)C. The second kappa shape index (κ2) is 8.04. The van der Waals surface area contributed by atoms with Crippen LogP contribution in [0.2, 0.25) is 0 Å². The van der Waals surface area contributed by atoms with Crippen LogP contribution < -0.4 is 0 Å².